The van der Waals surface area contributed by atoms with Gasteiger partial charge in [0.2, 0.25) is 0 Å². The van der Waals surface area contributed by atoms with Gasteiger partial charge in [0.25, 0.3) is 0 Å². The van der Waals surface area contributed by atoms with Crippen LogP contribution in [-0.4, -0.2) is 13.3 Å². The van der Waals surface area contributed by atoms with Crippen molar-refractivity contribution in [1.82, 2.24) is 0 Å². The fourth-order valence-corrected chi connectivity index (χ4v) is 11.9. The van der Waals surface area contributed by atoms with Crippen LogP contribution in [0.1, 0.15) is 30.5 Å². The number of nitrogens with zero attached hydrogens (tertiary/aromatic N) is 2. The predicted molar refractivity (Wildman–Crippen MR) is 217 cm³/mol. The van der Waals surface area contributed by atoms with E-state index in [0.717, 1.165) is 17.6 Å². The molecular weight excluding hydrogens is 693 g/mol. The second-order valence-electron chi connectivity index (χ2n) is 16.5. The van der Waals surface area contributed by atoms with E-state index in [1.165, 1.54) is 86.7 Å². The number of rotatable bonds is 3. The Morgan fingerprint density at radius 2 is 1.27 bits per heavy atom. The molecule has 2 aliphatic rings. The number of benzene rings is 6. The number of furan rings is 1. The van der Waals surface area contributed by atoms with Gasteiger partial charge in [-0.05, 0) is 10.8 Å². The number of fused-ring (bicyclic) bond motifs is 20. The first kappa shape index (κ1) is 30.4. The molecule has 0 saturated carbocycles. The van der Waals surface area contributed by atoms with Crippen molar-refractivity contribution in [2.75, 3.05) is 0 Å². The molecule has 0 bridgehead atoms. The average Bonchev–Trinajstić information content (AvgIpc) is 3.76. The quantitative estimate of drug-likeness (QED) is 0.101. The van der Waals surface area contributed by atoms with Crippen LogP contribution in [-0.2, 0) is 12.1 Å². The van der Waals surface area contributed by atoms with E-state index in [1.807, 2.05) is 0 Å². The topological polar surface area (TPSA) is 20.9 Å². The summed E-state index contributed by atoms with van der Waals surface area (Å²) in [5.41, 5.74) is 10.3. The average molecular weight is 733 g/mol. The summed E-state index contributed by atoms with van der Waals surface area (Å²) in [6, 6.07) is 45.7. The molecule has 4 heteroatoms. The summed E-state index contributed by atoms with van der Waals surface area (Å²) < 4.78 is 13.8. The fourth-order valence-electron chi connectivity index (χ4n) is 9.62. The molecule has 1 unspecified atom stereocenters. The van der Waals surface area contributed by atoms with Crippen LogP contribution in [0.4, 0.5) is 0 Å². The molecular formula is C48H40GeN2O+2. The van der Waals surface area contributed by atoms with Crippen molar-refractivity contribution in [2.24, 2.45) is 5.92 Å². The second kappa shape index (κ2) is 10.4. The van der Waals surface area contributed by atoms with Gasteiger partial charge in [-0.2, -0.15) is 0 Å². The maximum absolute atomic E-state index is 7.19. The standard InChI is InChI=1S/C48H40GeN2O/c1-29(2)24-30-22-23-50-44(25-30)46-42(48(50)41-17-11-10-16-37(41)43-21-18-31(28-51(43)48)49(3,4)5)20-19-36-40-26-38-34-14-8-6-12-32(34)33-13-7-9-15-35(33)39(38)27-45(40)52-47(36)46/h6-23,25-29H,24H2,1-5H3/q+2. The molecule has 0 saturated heterocycles. The van der Waals surface area contributed by atoms with Crippen LogP contribution in [0.15, 0.2) is 138 Å². The summed E-state index contributed by atoms with van der Waals surface area (Å²) >= 11 is -2.21. The van der Waals surface area contributed by atoms with Gasteiger partial charge in [0, 0.05) is 0 Å². The van der Waals surface area contributed by atoms with Gasteiger partial charge in [-0.3, -0.25) is 0 Å². The Hall–Kier alpha value is -5.26. The van der Waals surface area contributed by atoms with Crippen LogP contribution in [0.25, 0.3) is 76.8 Å². The Kier molecular flexibility index (Phi) is 6.09. The first-order valence-corrected chi connectivity index (χ1v) is 26.0. The summed E-state index contributed by atoms with van der Waals surface area (Å²) in [4.78, 5) is 0. The summed E-state index contributed by atoms with van der Waals surface area (Å²) in [7, 11) is 0. The molecule has 3 nitrogen and oxygen atoms in total. The van der Waals surface area contributed by atoms with Crippen molar-refractivity contribution >= 4 is 71.9 Å². The Balaban J connectivity index is 1.29. The molecule has 1 atom stereocenters. The van der Waals surface area contributed by atoms with Gasteiger partial charge in [0.15, 0.2) is 0 Å². The molecule has 52 heavy (non-hydrogen) atoms. The van der Waals surface area contributed by atoms with Crippen LogP contribution in [0.2, 0.25) is 17.3 Å². The number of hydrogen-bond acceptors (Lipinski definition) is 1. The minimum absolute atomic E-state index is 0.556. The van der Waals surface area contributed by atoms with Gasteiger partial charge in [-0.15, -0.1) is 0 Å². The van der Waals surface area contributed by atoms with Crippen LogP contribution in [0.5, 0.6) is 0 Å². The normalized spacial score (nSPS) is 16.1. The van der Waals surface area contributed by atoms with E-state index < -0.39 is 18.9 Å². The fraction of sp³-hybridized carbons (Fsp3) is 0.167. The van der Waals surface area contributed by atoms with E-state index in [-0.39, 0.29) is 0 Å². The Bertz CT molecular complexity index is 3020. The second-order valence-corrected chi connectivity index (χ2v) is 27.1. The Morgan fingerprint density at radius 1 is 0.596 bits per heavy atom. The van der Waals surface area contributed by atoms with Gasteiger partial charge in [-0.25, -0.2) is 0 Å². The zero-order valence-electron chi connectivity index (χ0n) is 30.3. The molecule has 0 N–H and O–H groups in total. The van der Waals surface area contributed by atoms with Crippen molar-refractivity contribution in [3.63, 3.8) is 0 Å². The summed E-state index contributed by atoms with van der Waals surface area (Å²) in [6.07, 6.45) is 5.88. The zero-order valence-corrected chi connectivity index (χ0v) is 32.4. The van der Waals surface area contributed by atoms with E-state index in [9.17, 15) is 0 Å². The molecule has 11 rings (SSSR count). The first-order chi connectivity index (χ1) is 25.2. The SMILES string of the molecule is CC(C)Cc1cc[n+]2c(c1)-c1c(ccc3c1oc1cc4c5ccccc5c5ccccc5c4cc13)C21c2ccccc2-c2cc[c]([Ge]([CH3])([CH3])[CH3])c[n+]21. The monoisotopic (exact) mass is 734 g/mol. The zero-order chi connectivity index (χ0) is 35.1. The molecule has 6 aromatic carbocycles. The third kappa shape index (κ3) is 3.87. The van der Waals surface area contributed by atoms with Crippen LogP contribution in [0, 0.1) is 5.92 Å². The number of hydrogen-bond donors (Lipinski definition) is 0. The first-order valence-electron chi connectivity index (χ1n) is 18.7. The molecule has 1 spiro atoms. The summed E-state index contributed by atoms with van der Waals surface area (Å²) in [5, 5.41) is 9.95. The van der Waals surface area contributed by atoms with Crippen molar-refractivity contribution in [3.8, 4) is 22.5 Å². The van der Waals surface area contributed by atoms with Crippen LogP contribution >= 0.6 is 0 Å². The molecule has 0 radical (unpaired) electrons. The van der Waals surface area contributed by atoms with Crippen LogP contribution < -0.4 is 13.5 Å². The third-order valence-electron chi connectivity index (χ3n) is 11.9. The van der Waals surface area contributed by atoms with Gasteiger partial charge >= 0.3 is 248 Å². The van der Waals surface area contributed by atoms with Crippen LogP contribution in [0.3, 0.4) is 0 Å². The molecule has 0 fully saturated rings. The third-order valence-corrected chi connectivity index (χ3v) is 16.1. The molecule has 2 aliphatic heterocycles. The number of aromatic nitrogens is 2. The van der Waals surface area contributed by atoms with E-state index in [4.69, 9.17) is 4.42 Å². The van der Waals surface area contributed by atoms with E-state index in [1.54, 1.807) is 0 Å². The summed E-state index contributed by atoms with van der Waals surface area (Å²) in [6.45, 7) is 4.62. The van der Waals surface area contributed by atoms with Gasteiger partial charge in [-0.1, -0.05) is 48.5 Å². The van der Waals surface area contributed by atoms with Crippen molar-refractivity contribution in [2.45, 2.75) is 43.2 Å². The molecule has 250 valence electrons. The minimum atomic E-state index is -2.21. The Morgan fingerprint density at radius 3 is 1.98 bits per heavy atom. The van der Waals surface area contributed by atoms with E-state index >= 15 is 0 Å². The summed E-state index contributed by atoms with van der Waals surface area (Å²) in [5.74, 6) is 8.04. The molecule has 0 amide bonds. The Labute approximate surface area is 306 Å². The van der Waals surface area contributed by atoms with Gasteiger partial charge < -0.3 is 0 Å². The molecule has 9 aromatic rings. The van der Waals surface area contributed by atoms with Crippen molar-refractivity contribution < 1.29 is 13.6 Å². The van der Waals surface area contributed by atoms with E-state index in [0.29, 0.717) is 5.92 Å². The van der Waals surface area contributed by atoms with Gasteiger partial charge in [0.05, 0.1) is 0 Å². The molecule has 5 heterocycles. The van der Waals surface area contributed by atoms with Gasteiger partial charge in [0.1, 0.15) is 0 Å². The number of pyridine rings is 2. The van der Waals surface area contributed by atoms with Crippen molar-refractivity contribution in [1.29, 1.82) is 0 Å². The van der Waals surface area contributed by atoms with E-state index in [2.05, 4.69) is 174 Å². The van der Waals surface area contributed by atoms with Crippen molar-refractivity contribution in [3.05, 3.63) is 150 Å². The molecule has 0 aliphatic carbocycles. The maximum atomic E-state index is 7.19. The predicted octanol–water partition coefficient (Wildman–Crippen LogP) is 10.6. The molecule has 3 aromatic heterocycles.